The fraction of sp³-hybridized carbons (Fsp3) is 0.300. The lowest BCUT2D eigenvalue weighted by Gasteiger charge is -2.06. The van der Waals surface area contributed by atoms with E-state index in [4.69, 9.17) is 11.6 Å². The average molecular weight is 294 g/mol. The largest absolute Gasteiger partial charge is 0.298 e. The third kappa shape index (κ3) is 3.30. The highest BCUT2D eigenvalue weighted by Gasteiger charge is 2.07. The van der Waals surface area contributed by atoms with E-state index >= 15 is 0 Å². The predicted octanol–water partition coefficient (Wildman–Crippen LogP) is 3.52. The Morgan fingerprint density at radius 3 is 2.86 bits per heavy atom. The lowest BCUT2D eigenvalue weighted by atomic mass is 10.1. The van der Waals surface area contributed by atoms with E-state index in [9.17, 15) is 4.79 Å². The van der Waals surface area contributed by atoms with Crippen LogP contribution in [-0.4, -0.2) is 17.9 Å². The number of ketones is 1. The average Bonchev–Trinajstić information content (AvgIpc) is 2.18. The van der Waals surface area contributed by atoms with Gasteiger partial charge in [0.15, 0.2) is 5.78 Å². The van der Waals surface area contributed by atoms with Gasteiger partial charge in [0, 0.05) is 15.8 Å². The molecule has 0 radical (unpaired) electrons. The number of benzene rings is 1. The van der Waals surface area contributed by atoms with Crippen molar-refractivity contribution in [2.45, 2.75) is 11.3 Å². The molecule has 0 unspecified atom stereocenters. The van der Waals surface area contributed by atoms with Crippen molar-refractivity contribution in [2.75, 3.05) is 12.1 Å². The van der Waals surface area contributed by atoms with Crippen LogP contribution in [0.1, 0.15) is 5.56 Å². The van der Waals surface area contributed by atoms with Gasteiger partial charge in [-0.1, -0.05) is 15.9 Å². The molecule has 4 heteroatoms. The molecule has 0 bridgehead atoms. The molecule has 0 aliphatic carbocycles. The topological polar surface area (TPSA) is 17.1 Å². The van der Waals surface area contributed by atoms with Gasteiger partial charge in [0.1, 0.15) is 0 Å². The molecule has 0 aromatic heterocycles. The Balaban J connectivity index is 2.93. The van der Waals surface area contributed by atoms with Gasteiger partial charge in [0.2, 0.25) is 0 Å². The standard InChI is InChI=1S/C10H10BrClOS/c1-14-10-3-2-8(11)4-7(10)5-9(13)6-12/h2-4H,5-6H2,1H3. The Bertz CT molecular complexity index is 341. The van der Waals surface area contributed by atoms with Crippen LogP contribution in [0, 0.1) is 0 Å². The molecular weight excluding hydrogens is 284 g/mol. The van der Waals surface area contributed by atoms with Crippen LogP contribution < -0.4 is 0 Å². The quantitative estimate of drug-likeness (QED) is 0.624. The molecule has 0 heterocycles. The van der Waals surface area contributed by atoms with Crippen molar-refractivity contribution in [3.8, 4) is 0 Å². The summed E-state index contributed by atoms with van der Waals surface area (Å²) in [5.41, 5.74) is 1.04. The maximum atomic E-state index is 11.2. The number of hydrogen-bond donors (Lipinski definition) is 0. The molecular formula is C10H10BrClOS. The fourth-order valence-electron chi connectivity index (χ4n) is 1.14. The van der Waals surface area contributed by atoms with E-state index in [2.05, 4.69) is 15.9 Å². The molecule has 0 amide bonds. The summed E-state index contributed by atoms with van der Waals surface area (Å²) in [7, 11) is 0. The van der Waals surface area contributed by atoms with E-state index in [0.717, 1.165) is 14.9 Å². The number of alkyl halides is 1. The van der Waals surface area contributed by atoms with Gasteiger partial charge in [0.25, 0.3) is 0 Å². The van der Waals surface area contributed by atoms with Gasteiger partial charge in [0.05, 0.1) is 5.88 Å². The fourth-order valence-corrected chi connectivity index (χ4v) is 2.25. The Morgan fingerprint density at radius 2 is 2.29 bits per heavy atom. The van der Waals surface area contributed by atoms with Crippen LogP contribution in [-0.2, 0) is 11.2 Å². The second kappa shape index (κ2) is 5.79. The van der Waals surface area contributed by atoms with Gasteiger partial charge in [-0.3, -0.25) is 4.79 Å². The third-order valence-corrected chi connectivity index (χ3v) is 3.41. The molecule has 1 rings (SSSR count). The Morgan fingerprint density at radius 1 is 1.57 bits per heavy atom. The zero-order valence-corrected chi connectivity index (χ0v) is 10.9. The summed E-state index contributed by atoms with van der Waals surface area (Å²) >= 11 is 10.5. The minimum atomic E-state index is 0.0556. The van der Waals surface area contributed by atoms with Crippen molar-refractivity contribution in [1.29, 1.82) is 0 Å². The first-order chi connectivity index (χ1) is 6.67. The van der Waals surface area contributed by atoms with Crippen molar-refractivity contribution in [3.05, 3.63) is 28.2 Å². The third-order valence-electron chi connectivity index (χ3n) is 1.78. The zero-order valence-electron chi connectivity index (χ0n) is 7.72. The summed E-state index contributed by atoms with van der Waals surface area (Å²) in [5, 5.41) is 0. The summed E-state index contributed by atoms with van der Waals surface area (Å²) in [6.45, 7) is 0. The predicted molar refractivity (Wildman–Crippen MR) is 65.4 cm³/mol. The van der Waals surface area contributed by atoms with Crippen LogP contribution in [0.5, 0.6) is 0 Å². The number of thioether (sulfide) groups is 1. The van der Waals surface area contributed by atoms with Crippen molar-refractivity contribution < 1.29 is 4.79 Å². The minimum absolute atomic E-state index is 0.0556. The number of halogens is 2. The van der Waals surface area contributed by atoms with Gasteiger partial charge < -0.3 is 0 Å². The molecule has 0 atom stereocenters. The number of hydrogen-bond acceptors (Lipinski definition) is 2. The second-order valence-corrected chi connectivity index (χ2v) is 4.84. The maximum absolute atomic E-state index is 11.2. The summed E-state index contributed by atoms with van der Waals surface area (Å²) in [6, 6.07) is 5.95. The summed E-state index contributed by atoms with van der Waals surface area (Å²) in [4.78, 5) is 12.3. The van der Waals surface area contributed by atoms with Gasteiger partial charge >= 0.3 is 0 Å². The molecule has 14 heavy (non-hydrogen) atoms. The minimum Gasteiger partial charge on any atom is -0.298 e. The van der Waals surface area contributed by atoms with Crippen molar-refractivity contribution in [1.82, 2.24) is 0 Å². The Labute approximate surface area is 101 Å². The molecule has 0 saturated carbocycles. The lowest BCUT2D eigenvalue weighted by Crippen LogP contribution is -2.04. The molecule has 76 valence electrons. The summed E-state index contributed by atoms with van der Waals surface area (Å²) in [5.74, 6) is 0.139. The number of carbonyl (C=O) groups is 1. The number of rotatable bonds is 4. The molecule has 1 aromatic carbocycles. The van der Waals surface area contributed by atoms with Gasteiger partial charge in [-0.2, -0.15) is 0 Å². The molecule has 1 aromatic rings. The number of Topliss-reactive ketones (excluding diaryl/α,β-unsaturated/α-hetero) is 1. The Kier molecular flexibility index (Phi) is 4.99. The van der Waals surface area contributed by atoms with E-state index in [1.165, 1.54) is 0 Å². The van der Waals surface area contributed by atoms with E-state index in [1.807, 2.05) is 24.5 Å². The van der Waals surface area contributed by atoms with E-state index in [1.54, 1.807) is 11.8 Å². The van der Waals surface area contributed by atoms with E-state index in [-0.39, 0.29) is 11.7 Å². The summed E-state index contributed by atoms with van der Waals surface area (Å²) < 4.78 is 0.993. The first-order valence-corrected chi connectivity index (χ1v) is 6.62. The van der Waals surface area contributed by atoms with Crippen LogP contribution in [0.25, 0.3) is 0 Å². The molecule has 0 aliphatic rings. The normalized spacial score (nSPS) is 10.2. The highest BCUT2D eigenvalue weighted by molar-refractivity contribution is 9.10. The summed E-state index contributed by atoms with van der Waals surface area (Å²) in [6.07, 6.45) is 2.41. The van der Waals surface area contributed by atoms with Crippen LogP contribution in [0.3, 0.4) is 0 Å². The smallest absolute Gasteiger partial charge is 0.151 e. The van der Waals surface area contributed by atoms with Gasteiger partial charge in [-0.25, -0.2) is 0 Å². The SMILES string of the molecule is CSc1ccc(Br)cc1CC(=O)CCl. The molecule has 1 nitrogen and oxygen atoms in total. The zero-order chi connectivity index (χ0) is 10.6. The van der Waals surface area contributed by atoms with Gasteiger partial charge in [-0.05, 0) is 30.0 Å². The van der Waals surface area contributed by atoms with Crippen LogP contribution in [0.2, 0.25) is 0 Å². The van der Waals surface area contributed by atoms with Crippen LogP contribution in [0.4, 0.5) is 0 Å². The van der Waals surface area contributed by atoms with E-state index in [0.29, 0.717) is 6.42 Å². The number of carbonyl (C=O) groups excluding carboxylic acids is 1. The van der Waals surface area contributed by atoms with Crippen LogP contribution >= 0.6 is 39.3 Å². The van der Waals surface area contributed by atoms with Crippen molar-refractivity contribution in [2.24, 2.45) is 0 Å². The maximum Gasteiger partial charge on any atom is 0.151 e. The monoisotopic (exact) mass is 292 g/mol. The van der Waals surface area contributed by atoms with Crippen molar-refractivity contribution >= 4 is 45.1 Å². The lowest BCUT2D eigenvalue weighted by molar-refractivity contribution is -0.116. The van der Waals surface area contributed by atoms with Crippen LogP contribution in [0.15, 0.2) is 27.6 Å². The molecule has 0 N–H and O–H groups in total. The van der Waals surface area contributed by atoms with Crippen molar-refractivity contribution in [3.63, 3.8) is 0 Å². The first-order valence-electron chi connectivity index (χ1n) is 4.07. The second-order valence-electron chi connectivity index (χ2n) is 2.81. The highest BCUT2D eigenvalue weighted by atomic mass is 79.9. The molecule has 0 aliphatic heterocycles. The van der Waals surface area contributed by atoms with Gasteiger partial charge in [-0.15, -0.1) is 23.4 Å². The van der Waals surface area contributed by atoms with E-state index < -0.39 is 0 Å². The first kappa shape index (κ1) is 12.1. The molecule has 0 fully saturated rings. The molecule has 0 saturated heterocycles. The Hall–Kier alpha value is 0.01000. The highest BCUT2D eigenvalue weighted by Crippen LogP contribution is 2.24. The molecule has 0 spiro atoms.